The van der Waals surface area contributed by atoms with Crippen molar-refractivity contribution in [3.05, 3.63) is 17.0 Å². The summed E-state index contributed by atoms with van der Waals surface area (Å²) in [6, 6.07) is 1.83. The number of aromatic nitrogens is 2. The van der Waals surface area contributed by atoms with E-state index in [4.69, 9.17) is 16.3 Å². The van der Waals surface area contributed by atoms with Crippen LogP contribution in [-0.2, 0) is 25.1 Å². The van der Waals surface area contributed by atoms with E-state index in [-0.39, 0.29) is 23.0 Å². The van der Waals surface area contributed by atoms with Crippen molar-refractivity contribution in [2.24, 2.45) is 5.92 Å². The topological polar surface area (TPSA) is 89.5 Å². The van der Waals surface area contributed by atoms with Gasteiger partial charge >= 0.3 is 0 Å². The van der Waals surface area contributed by atoms with Crippen molar-refractivity contribution in [3.63, 3.8) is 0 Å². The summed E-state index contributed by atoms with van der Waals surface area (Å²) in [5, 5.41) is -0.463. The van der Waals surface area contributed by atoms with Crippen LogP contribution in [0.15, 0.2) is 6.07 Å². The molecular weight excluding hydrogens is 390 g/mol. The molecule has 1 aliphatic heterocycles. The Morgan fingerprint density at radius 3 is 2.78 bits per heavy atom. The summed E-state index contributed by atoms with van der Waals surface area (Å²) in [4.78, 5) is 21.0. The van der Waals surface area contributed by atoms with Crippen LogP contribution in [0.3, 0.4) is 0 Å². The number of halogens is 1. The zero-order chi connectivity index (χ0) is 20.0. The van der Waals surface area contributed by atoms with E-state index >= 15 is 0 Å². The lowest BCUT2D eigenvalue weighted by Crippen LogP contribution is -2.44. The summed E-state index contributed by atoms with van der Waals surface area (Å²) in [6.07, 6.45) is 2.54. The number of hydrogen-bond donors (Lipinski definition) is 0. The minimum Gasteiger partial charge on any atom is -0.377 e. The molecule has 9 heteroatoms. The Kier molecular flexibility index (Phi) is 8.00. The molecule has 0 aliphatic carbocycles. The molecule has 0 aromatic carbocycles. The maximum absolute atomic E-state index is 12.7. The molecule has 0 saturated carbocycles. The number of anilines is 1. The Hall–Kier alpha value is -1.25. The number of carbonyl (C=O) groups is 1. The van der Waals surface area contributed by atoms with Crippen LogP contribution >= 0.6 is 11.6 Å². The van der Waals surface area contributed by atoms with Gasteiger partial charge in [-0.05, 0) is 44.2 Å². The van der Waals surface area contributed by atoms with E-state index in [2.05, 4.69) is 14.9 Å². The lowest BCUT2D eigenvalue weighted by molar-refractivity contribution is -0.108. The molecule has 0 radical (unpaired) electrons. The summed E-state index contributed by atoms with van der Waals surface area (Å²) in [6.45, 7) is 7.53. The van der Waals surface area contributed by atoms with Gasteiger partial charge < -0.3 is 14.4 Å². The lowest BCUT2D eigenvalue weighted by Gasteiger charge is -2.34. The van der Waals surface area contributed by atoms with E-state index in [9.17, 15) is 13.2 Å². The average molecular weight is 418 g/mol. The van der Waals surface area contributed by atoms with Gasteiger partial charge in [0.25, 0.3) is 0 Å². The quantitative estimate of drug-likeness (QED) is 0.450. The largest absolute Gasteiger partial charge is 0.377 e. The minimum atomic E-state index is -3.38. The van der Waals surface area contributed by atoms with E-state index in [0.717, 1.165) is 6.29 Å². The van der Waals surface area contributed by atoms with Gasteiger partial charge in [-0.25, -0.2) is 18.4 Å². The van der Waals surface area contributed by atoms with E-state index in [0.29, 0.717) is 50.5 Å². The second kappa shape index (κ2) is 9.80. The van der Waals surface area contributed by atoms with Crippen molar-refractivity contribution in [1.29, 1.82) is 0 Å². The Labute approximate surface area is 166 Å². The molecule has 7 nitrogen and oxygen atoms in total. The van der Waals surface area contributed by atoms with Crippen LogP contribution in [0.2, 0.25) is 5.28 Å². The van der Waals surface area contributed by atoms with Crippen LogP contribution in [0.5, 0.6) is 0 Å². The van der Waals surface area contributed by atoms with Crippen LogP contribution < -0.4 is 4.90 Å². The smallest absolute Gasteiger partial charge is 0.224 e. The molecule has 0 bridgehead atoms. The monoisotopic (exact) mass is 417 g/mol. The molecule has 2 heterocycles. The first-order valence-corrected chi connectivity index (χ1v) is 11.3. The van der Waals surface area contributed by atoms with Crippen LogP contribution in [0.25, 0.3) is 0 Å². The van der Waals surface area contributed by atoms with Gasteiger partial charge in [0.2, 0.25) is 5.28 Å². The van der Waals surface area contributed by atoms with Gasteiger partial charge in [0.05, 0.1) is 36.0 Å². The number of morpholine rings is 1. The van der Waals surface area contributed by atoms with Gasteiger partial charge in [-0.15, -0.1) is 0 Å². The zero-order valence-corrected chi connectivity index (χ0v) is 17.7. The maximum Gasteiger partial charge on any atom is 0.224 e. The average Bonchev–Trinajstić information content (AvgIpc) is 2.59. The number of hydrogen-bond acceptors (Lipinski definition) is 7. The third kappa shape index (κ3) is 6.40. The van der Waals surface area contributed by atoms with Crippen molar-refractivity contribution in [3.8, 4) is 0 Å². The predicted octanol–water partition coefficient (Wildman–Crippen LogP) is 2.66. The van der Waals surface area contributed by atoms with E-state index < -0.39 is 15.1 Å². The number of sulfone groups is 1. The summed E-state index contributed by atoms with van der Waals surface area (Å²) in [5.41, 5.74) is 0.400. The second-order valence-corrected chi connectivity index (χ2v) is 10.1. The number of carbonyl (C=O) groups excluding carboxylic acids is 1. The first-order valence-electron chi connectivity index (χ1n) is 9.26. The Balaban J connectivity index is 2.09. The van der Waals surface area contributed by atoms with Crippen molar-refractivity contribution in [2.45, 2.75) is 57.1 Å². The third-order valence-electron chi connectivity index (χ3n) is 4.93. The van der Waals surface area contributed by atoms with Gasteiger partial charge in [-0.3, -0.25) is 0 Å². The van der Waals surface area contributed by atoms with Crippen molar-refractivity contribution >= 4 is 33.5 Å². The van der Waals surface area contributed by atoms with Gasteiger partial charge in [0, 0.05) is 19.0 Å². The van der Waals surface area contributed by atoms with Crippen LogP contribution in [-0.4, -0.2) is 55.7 Å². The van der Waals surface area contributed by atoms with Crippen LogP contribution in [0, 0.1) is 5.92 Å². The van der Waals surface area contributed by atoms with Gasteiger partial charge in [-0.2, -0.15) is 0 Å². The molecule has 0 N–H and O–H groups in total. The third-order valence-corrected chi connectivity index (χ3v) is 7.26. The highest BCUT2D eigenvalue weighted by Crippen LogP contribution is 2.23. The standard InChI is InChI=1S/C18H28ClN3O4S/c1-13(6-8-23)4-5-15(3)27(24,25)12-16-10-17(21-18(19)20-16)22-7-9-26-11-14(22)2/h8,10,13-15H,4-7,9,11-12H2,1-3H3/t13?,14-,15?/m0/s1. The molecular formula is C18H28ClN3O4S. The predicted molar refractivity (Wildman–Crippen MR) is 106 cm³/mol. The first-order chi connectivity index (χ1) is 12.7. The molecule has 0 amide bonds. The highest BCUT2D eigenvalue weighted by molar-refractivity contribution is 7.91. The van der Waals surface area contributed by atoms with Crippen molar-refractivity contribution in [1.82, 2.24) is 9.97 Å². The minimum absolute atomic E-state index is 0.0450. The summed E-state index contributed by atoms with van der Waals surface area (Å²) < 4.78 is 30.9. The number of ether oxygens (including phenoxy) is 1. The normalized spacial score (nSPS) is 20.3. The maximum atomic E-state index is 12.7. The Morgan fingerprint density at radius 2 is 2.11 bits per heavy atom. The fourth-order valence-electron chi connectivity index (χ4n) is 3.07. The molecule has 1 aromatic heterocycles. The Morgan fingerprint density at radius 1 is 1.37 bits per heavy atom. The molecule has 1 aliphatic rings. The highest BCUT2D eigenvalue weighted by Gasteiger charge is 2.25. The van der Waals surface area contributed by atoms with Gasteiger partial charge in [0.1, 0.15) is 12.1 Å². The number of rotatable bonds is 9. The molecule has 2 rings (SSSR count). The highest BCUT2D eigenvalue weighted by atomic mass is 35.5. The van der Waals surface area contributed by atoms with E-state index in [1.165, 1.54) is 0 Å². The molecule has 1 aromatic rings. The zero-order valence-electron chi connectivity index (χ0n) is 16.1. The van der Waals surface area contributed by atoms with Gasteiger partial charge in [-0.1, -0.05) is 6.92 Å². The van der Waals surface area contributed by atoms with E-state index in [1.54, 1.807) is 13.0 Å². The summed E-state index contributed by atoms with van der Waals surface area (Å²) >= 11 is 6.05. The molecule has 1 fully saturated rings. The van der Waals surface area contributed by atoms with Crippen LogP contribution in [0.4, 0.5) is 5.82 Å². The molecule has 152 valence electrons. The fraction of sp³-hybridized carbons (Fsp3) is 0.722. The molecule has 2 unspecified atom stereocenters. The molecule has 0 spiro atoms. The Bertz CT molecular complexity index is 744. The first kappa shape index (κ1) is 22.0. The molecule has 3 atom stereocenters. The van der Waals surface area contributed by atoms with Gasteiger partial charge in [0.15, 0.2) is 9.84 Å². The molecule has 27 heavy (non-hydrogen) atoms. The number of aldehydes is 1. The summed E-state index contributed by atoms with van der Waals surface area (Å²) in [5.74, 6) is 0.635. The van der Waals surface area contributed by atoms with E-state index in [1.807, 2.05) is 13.8 Å². The molecule has 1 saturated heterocycles. The van der Waals surface area contributed by atoms with Crippen molar-refractivity contribution in [2.75, 3.05) is 24.7 Å². The lowest BCUT2D eigenvalue weighted by atomic mass is 10.0. The number of nitrogens with zero attached hydrogens (tertiary/aromatic N) is 3. The van der Waals surface area contributed by atoms with Crippen LogP contribution in [0.1, 0.15) is 45.7 Å². The van der Waals surface area contributed by atoms with Crippen molar-refractivity contribution < 1.29 is 17.9 Å². The summed E-state index contributed by atoms with van der Waals surface area (Å²) in [7, 11) is -3.38. The SMILES string of the molecule is CC(CC=O)CCC(C)S(=O)(=O)Cc1cc(N2CCOC[C@@H]2C)nc(Cl)n1. The second-order valence-electron chi connectivity index (χ2n) is 7.31. The fourth-order valence-corrected chi connectivity index (χ4v) is 4.60.